The molecule has 0 heterocycles. The van der Waals surface area contributed by atoms with Crippen LogP contribution in [0, 0.1) is 34.5 Å². The fourth-order valence-electron chi connectivity index (χ4n) is 7.58. The predicted octanol–water partition coefficient (Wildman–Crippen LogP) is 2.22. The molecule has 6 atom stereocenters. The Kier molecular flexibility index (Phi) is 5.79. The maximum atomic E-state index is 14.1. The number of carbonyl (C=O) groups is 6. The standard InChI is InChI=1S/C28H32O8/c1-12(2)19-22(32)17(14(4)30)24(34)28(36)25(35)20-23(33)18-16(10-26(20,5)11-27(19,28)6)8-7-15(21(18)31)9-13(3)29/h7-8,12,17,19-20,31,36H,9-11H2,1-6H3/t17?,19?,20?,26-,27-,28+/m1/s1. The van der Waals surface area contributed by atoms with Gasteiger partial charge in [0.15, 0.2) is 28.7 Å². The van der Waals surface area contributed by atoms with Crippen molar-refractivity contribution in [3.8, 4) is 5.75 Å². The van der Waals surface area contributed by atoms with E-state index in [9.17, 15) is 39.0 Å². The summed E-state index contributed by atoms with van der Waals surface area (Å²) in [6.45, 7) is 9.19. The van der Waals surface area contributed by atoms with E-state index in [0.717, 1.165) is 6.92 Å². The lowest BCUT2D eigenvalue weighted by Gasteiger charge is -2.61. The van der Waals surface area contributed by atoms with Gasteiger partial charge in [-0.2, -0.15) is 0 Å². The minimum atomic E-state index is -2.71. The molecule has 2 fully saturated rings. The van der Waals surface area contributed by atoms with Crippen molar-refractivity contribution >= 4 is 34.7 Å². The average Bonchev–Trinajstić information content (AvgIpc) is 2.72. The van der Waals surface area contributed by atoms with Crippen molar-refractivity contribution in [2.75, 3.05) is 0 Å². The molecular weight excluding hydrogens is 464 g/mol. The summed E-state index contributed by atoms with van der Waals surface area (Å²) in [6.07, 6.45) is 0.105. The monoisotopic (exact) mass is 496 g/mol. The largest absolute Gasteiger partial charge is 0.507 e. The molecular formula is C28H32O8. The molecule has 8 heteroatoms. The quantitative estimate of drug-likeness (QED) is 0.604. The van der Waals surface area contributed by atoms with Crippen molar-refractivity contribution in [3.63, 3.8) is 0 Å². The lowest BCUT2D eigenvalue weighted by Crippen LogP contribution is -2.76. The zero-order valence-corrected chi connectivity index (χ0v) is 21.4. The second-order valence-electron chi connectivity index (χ2n) is 11.8. The van der Waals surface area contributed by atoms with E-state index in [4.69, 9.17) is 0 Å². The van der Waals surface area contributed by atoms with Crippen LogP contribution in [0.4, 0.5) is 0 Å². The highest BCUT2D eigenvalue weighted by Gasteiger charge is 2.76. The summed E-state index contributed by atoms with van der Waals surface area (Å²) in [5.41, 5.74) is -4.62. The number of aliphatic hydroxyl groups is 1. The molecule has 0 bridgehead atoms. The van der Waals surface area contributed by atoms with Gasteiger partial charge < -0.3 is 10.2 Å². The Morgan fingerprint density at radius 3 is 2.19 bits per heavy atom. The molecule has 4 rings (SSSR count). The summed E-state index contributed by atoms with van der Waals surface area (Å²) in [4.78, 5) is 79.0. The molecule has 0 radical (unpaired) electrons. The average molecular weight is 497 g/mol. The third kappa shape index (κ3) is 3.16. The Morgan fingerprint density at radius 1 is 1.06 bits per heavy atom. The van der Waals surface area contributed by atoms with Gasteiger partial charge in [-0.25, -0.2) is 0 Å². The van der Waals surface area contributed by atoms with Gasteiger partial charge in [0.1, 0.15) is 23.2 Å². The van der Waals surface area contributed by atoms with Crippen LogP contribution in [0.2, 0.25) is 0 Å². The van der Waals surface area contributed by atoms with Crippen molar-refractivity contribution in [2.24, 2.45) is 34.5 Å². The molecule has 0 spiro atoms. The molecule has 3 aliphatic carbocycles. The Morgan fingerprint density at radius 2 is 1.67 bits per heavy atom. The molecule has 192 valence electrons. The highest BCUT2D eigenvalue weighted by Crippen LogP contribution is 2.63. The van der Waals surface area contributed by atoms with Crippen LogP contribution in [0.1, 0.15) is 69.4 Å². The van der Waals surface area contributed by atoms with Crippen LogP contribution in [0.3, 0.4) is 0 Å². The second-order valence-corrected chi connectivity index (χ2v) is 11.8. The maximum absolute atomic E-state index is 14.1. The van der Waals surface area contributed by atoms with Crippen molar-refractivity contribution < 1.29 is 39.0 Å². The molecule has 3 unspecified atom stereocenters. The summed E-state index contributed by atoms with van der Waals surface area (Å²) >= 11 is 0. The number of hydrogen-bond acceptors (Lipinski definition) is 8. The van der Waals surface area contributed by atoms with Crippen molar-refractivity contribution in [1.29, 1.82) is 0 Å². The number of carbonyl (C=O) groups excluding carboxylic acids is 6. The van der Waals surface area contributed by atoms with Gasteiger partial charge in [0.2, 0.25) is 0 Å². The van der Waals surface area contributed by atoms with Crippen LogP contribution >= 0.6 is 0 Å². The molecule has 0 saturated heterocycles. The van der Waals surface area contributed by atoms with Gasteiger partial charge in [0.05, 0.1) is 11.5 Å². The van der Waals surface area contributed by atoms with Crippen LogP contribution < -0.4 is 0 Å². The molecule has 0 amide bonds. The molecule has 36 heavy (non-hydrogen) atoms. The molecule has 8 nitrogen and oxygen atoms in total. The van der Waals surface area contributed by atoms with Crippen LogP contribution in [-0.4, -0.2) is 50.5 Å². The third-order valence-corrected chi connectivity index (χ3v) is 8.77. The molecule has 2 N–H and O–H groups in total. The fourth-order valence-corrected chi connectivity index (χ4v) is 7.58. The first kappa shape index (κ1) is 26.1. The van der Waals surface area contributed by atoms with E-state index in [0.29, 0.717) is 5.56 Å². The smallest absolute Gasteiger partial charge is 0.190 e. The SMILES string of the molecule is CC(=O)Cc1ccc2c(c1O)C(=O)C1C(=O)[C@@]3(O)C(=O)C(C(C)=O)C(=O)C(C(C)C)[C@@]3(C)C[C@@]1(C)C2. The first-order chi connectivity index (χ1) is 16.5. The van der Waals surface area contributed by atoms with Gasteiger partial charge in [-0.05, 0) is 43.6 Å². The van der Waals surface area contributed by atoms with Crippen LogP contribution in [0.15, 0.2) is 12.1 Å². The van der Waals surface area contributed by atoms with E-state index >= 15 is 0 Å². The number of ketones is 6. The summed E-state index contributed by atoms with van der Waals surface area (Å²) in [5, 5.41) is 22.8. The fraction of sp³-hybridized carbons (Fsp3) is 0.571. The molecule has 0 aromatic heterocycles. The zero-order chi connectivity index (χ0) is 27.1. The van der Waals surface area contributed by atoms with Crippen LogP contribution in [-0.2, 0) is 36.8 Å². The van der Waals surface area contributed by atoms with Gasteiger partial charge in [-0.1, -0.05) is 39.8 Å². The molecule has 1 aromatic rings. The minimum absolute atomic E-state index is 0.0129. The number of phenolic OH excluding ortho intramolecular Hbond substituents is 1. The molecule has 3 aliphatic rings. The van der Waals surface area contributed by atoms with Crippen molar-refractivity contribution in [2.45, 2.75) is 66.4 Å². The zero-order valence-electron chi connectivity index (χ0n) is 21.4. The van der Waals surface area contributed by atoms with Crippen LogP contribution in [0.25, 0.3) is 0 Å². The summed E-state index contributed by atoms with van der Waals surface area (Å²) in [5.74, 6) is -9.45. The van der Waals surface area contributed by atoms with Crippen LogP contribution in [0.5, 0.6) is 5.75 Å². The van der Waals surface area contributed by atoms with E-state index in [1.54, 1.807) is 32.9 Å². The topological polar surface area (TPSA) is 143 Å². The molecule has 0 aliphatic heterocycles. The number of Topliss-reactive ketones (excluding diaryl/α,β-unsaturated/α-hetero) is 6. The highest BCUT2D eigenvalue weighted by molar-refractivity contribution is 6.32. The van der Waals surface area contributed by atoms with E-state index in [1.807, 2.05) is 0 Å². The summed E-state index contributed by atoms with van der Waals surface area (Å²) < 4.78 is 0. The van der Waals surface area contributed by atoms with Gasteiger partial charge in [-0.3, -0.25) is 28.8 Å². The lowest BCUT2D eigenvalue weighted by atomic mass is 9.40. The Hall–Kier alpha value is -3.00. The number of fused-ring (bicyclic) bond motifs is 3. The first-order valence-electron chi connectivity index (χ1n) is 12.3. The Bertz CT molecular complexity index is 1260. The van der Waals surface area contributed by atoms with Crippen molar-refractivity contribution in [3.05, 3.63) is 28.8 Å². The maximum Gasteiger partial charge on any atom is 0.190 e. The molecule has 2 saturated carbocycles. The summed E-state index contributed by atoms with van der Waals surface area (Å²) in [7, 11) is 0. The summed E-state index contributed by atoms with van der Waals surface area (Å²) in [6, 6.07) is 3.24. The third-order valence-electron chi connectivity index (χ3n) is 8.77. The van der Waals surface area contributed by atoms with Gasteiger partial charge in [0, 0.05) is 23.3 Å². The van der Waals surface area contributed by atoms with Crippen molar-refractivity contribution in [1.82, 2.24) is 0 Å². The number of hydrogen-bond donors (Lipinski definition) is 2. The number of phenols is 1. The predicted molar refractivity (Wildman–Crippen MR) is 127 cm³/mol. The molecule has 1 aromatic carbocycles. The van der Waals surface area contributed by atoms with Gasteiger partial charge in [0.25, 0.3) is 0 Å². The number of benzene rings is 1. The highest BCUT2D eigenvalue weighted by atomic mass is 16.3. The van der Waals surface area contributed by atoms with E-state index < -0.39 is 63.1 Å². The van der Waals surface area contributed by atoms with E-state index in [1.165, 1.54) is 13.8 Å². The lowest BCUT2D eigenvalue weighted by molar-refractivity contribution is -0.205. The first-order valence-corrected chi connectivity index (χ1v) is 12.3. The van der Waals surface area contributed by atoms with E-state index in [-0.39, 0.29) is 47.8 Å². The number of aromatic hydroxyl groups is 1. The van der Waals surface area contributed by atoms with Gasteiger partial charge >= 0.3 is 0 Å². The Labute approximate surface area is 209 Å². The normalized spacial score (nSPS) is 35.8. The Balaban J connectivity index is 1.94. The van der Waals surface area contributed by atoms with Gasteiger partial charge in [-0.15, -0.1) is 0 Å². The second kappa shape index (κ2) is 8.00. The minimum Gasteiger partial charge on any atom is -0.507 e. The van der Waals surface area contributed by atoms with E-state index in [2.05, 4.69) is 0 Å². The number of rotatable bonds is 4.